The molecule has 0 spiro atoms. The van der Waals surface area contributed by atoms with Crippen LogP contribution in [0.3, 0.4) is 0 Å². The van der Waals surface area contributed by atoms with Crippen molar-refractivity contribution < 1.29 is 5.11 Å². The molecule has 3 heterocycles. The highest BCUT2D eigenvalue weighted by atomic mass is 16.3. The van der Waals surface area contributed by atoms with E-state index >= 15 is 0 Å². The molecule has 0 atom stereocenters. The summed E-state index contributed by atoms with van der Waals surface area (Å²) in [6, 6.07) is 4.41. The van der Waals surface area contributed by atoms with Crippen LogP contribution in [0.2, 0.25) is 0 Å². The van der Waals surface area contributed by atoms with E-state index < -0.39 is 0 Å². The predicted molar refractivity (Wildman–Crippen MR) is 99.0 cm³/mol. The number of nitrogens with zero attached hydrogens (tertiary/aromatic N) is 6. The van der Waals surface area contributed by atoms with Crippen LogP contribution in [0, 0.1) is 11.3 Å². The zero-order valence-corrected chi connectivity index (χ0v) is 15.5. The molecule has 1 aliphatic rings. The molecule has 0 saturated carbocycles. The average Bonchev–Trinajstić information content (AvgIpc) is 3.15. The van der Waals surface area contributed by atoms with Gasteiger partial charge in [0.05, 0.1) is 18.8 Å². The molecular weight excluding hydrogens is 328 g/mol. The molecule has 0 aliphatic carbocycles. The second kappa shape index (κ2) is 8.28. The summed E-state index contributed by atoms with van der Waals surface area (Å²) in [5.41, 5.74) is 3.82. The summed E-state index contributed by atoms with van der Waals surface area (Å²) in [6.07, 6.45) is 5.34. The molecule has 2 aromatic heterocycles. The smallest absolute Gasteiger partial charge is 0.169 e. The first-order chi connectivity index (χ1) is 12.7. The van der Waals surface area contributed by atoms with Gasteiger partial charge in [-0.1, -0.05) is 13.8 Å². The zero-order valence-electron chi connectivity index (χ0n) is 15.5. The third-order valence-corrected chi connectivity index (χ3v) is 5.21. The maximum atomic E-state index is 9.70. The van der Waals surface area contributed by atoms with Crippen LogP contribution in [0.25, 0.3) is 0 Å². The summed E-state index contributed by atoms with van der Waals surface area (Å²) < 4.78 is 1.89. The van der Waals surface area contributed by atoms with Crippen LogP contribution >= 0.6 is 0 Å². The fraction of sp³-hybridized carbons (Fsp3) is 0.579. The summed E-state index contributed by atoms with van der Waals surface area (Å²) in [6.45, 7) is 6.42. The highest BCUT2D eigenvalue weighted by Gasteiger charge is 2.26. The van der Waals surface area contributed by atoms with E-state index in [9.17, 15) is 10.4 Å². The molecule has 0 radical (unpaired) electrons. The Morgan fingerprint density at radius 2 is 2.00 bits per heavy atom. The molecule has 3 rings (SSSR count). The SMILES string of the molecule is CCc1nnc(N2CCC(c3ccnn3CCO)CC2)c(C#N)c1CC. The molecule has 7 heteroatoms. The van der Waals surface area contributed by atoms with Crippen LogP contribution in [-0.2, 0) is 19.4 Å². The van der Waals surface area contributed by atoms with Gasteiger partial charge in [0, 0.05) is 30.9 Å². The van der Waals surface area contributed by atoms with Gasteiger partial charge in [0.15, 0.2) is 5.82 Å². The summed E-state index contributed by atoms with van der Waals surface area (Å²) in [5, 5.41) is 32.0. The fourth-order valence-corrected chi connectivity index (χ4v) is 3.86. The van der Waals surface area contributed by atoms with Crippen molar-refractivity contribution in [3.63, 3.8) is 0 Å². The molecular formula is C19H26N6O. The standard InChI is InChI=1S/C19H26N6O/c1-3-15-16(13-20)19(23-22-17(15)4-2)24-9-6-14(7-10-24)18-5-8-21-25(18)11-12-26/h5,8,14,26H,3-4,6-7,9-12H2,1-2H3. The van der Waals surface area contributed by atoms with E-state index in [4.69, 9.17) is 0 Å². The third-order valence-electron chi connectivity index (χ3n) is 5.21. The highest BCUT2D eigenvalue weighted by molar-refractivity contribution is 5.58. The quantitative estimate of drug-likeness (QED) is 0.854. The van der Waals surface area contributed by atoms with Gasteiger partial charge in [-0.15, -0.1) is 5.10 Å². The fourth-order valence-electron chi connectivity index (χ4n) is 3.86. The van der Waals surface area contributed by atoms with Crippen molar-refractivity contribution in [1.29, 1.82) is 5.26 Å². The molecule has 26 heavy (non-hydrogen) atoms. The first-order valence-corrected chi connectivity index (χ1v) is 9.39. The van der Waals surface area contributed by atoms with Gasteiger partial charge in [0.2, 0.25) is 0 Å². The third kappa shape index (κ3) is 3.42. The molecule has 1 aliphatic heterocycles. The first kappa shape index (κ1) is 18.3. The van der Waals surface area contributed by atoms with Crippen LogP contribution in [0.15, 0.2) is 12.3 Å². The Morgan fingerprint density at radius 3 is 2.62 bits per heavy atom. The van der Waals surface area contributed by atoms with Gasteiger partial charge in [0.25, 0.3) is 0 Å². The van der Waals surface area contributed by atoms with Gasteiger partial charge in [-0.25, -0.2) is 0 Å². The molecule has 0 unspecified atom stereocenters. The number of hydrogen-bond acceptors (Lipinski definition) is 6. The minimum atomic E-state index is 0.0955. The monoisotopic (exact) mass is 354 g/mol. The number of aliphatic hydroxyl groups excluding tert-OH is 1. The van der Waals surface area contributed by atoms with Crippen LogP contribution in [0.1, 0.15) is 55.1 Å². The molecule has 1 fully saturated rings. The first-order valence-electron chi connectivity index (χ1n) is 9.39. The van der Waals surface area contributed by atoms with Crippen LogP contribution in [-0.4, -0.2) is 44.8 Å². The molecule has 7 nitrogen and oxygen atoms in total. The maximum Gasteiger partial charge on any atom is 0.169 e. The summed E-state index contributed by atoms with van der Waals surface area (Å²) in [7, 11) is 0. The molecule has 1 N–H and O–H groups in total. The van der Waals surface area contributed by atoms with E-state index in [-0.39, 0.29) is 6.61 Å². The lowest BCUT2D eigenvalue weighted by atomic mass is 9.93. The summed E-state index contributed by atoms with van der Waals surface area (Å²) in [5.74, 6) is 1.14. The van der Waals surface area contributed by atoms with Gasteiger partial charge in [-0.2, -0.15) is 15.5 Å². The average molecular weight is 354 g/mol. The van der Waals surface area contributed by atoms with E-state index in [0.717, 1.165) is 55.8 Å². The van der Waals surface area contributed by atoms with E-state index in [1.54, 1.807) is 6.20 Å². The van der Waals surface area contributed by atoms with Crippen molar-refractivity contribution >= 4 is 5.82 Å². The van der Waals surface area contributed by atoms with Crippen molar-refractivity contribution in [3.05, 3.63) is 34.8 Å². The minimum Gasteiger partial charge on any atom is -0.394 e. The molecule has 2 aromatic rings. The van der Waals surface area contributed by atoms with E-state index in [2.05, 4.69) is 33.2 Å². The normalized spacial score (nSPS) is 15.2. The molecule has 0 aromatic carbocycles. The van der Waals surface area contributed by atoms with Gasteiger partial charge >= 0.3 is 0 Å². The predicted octanol–water partition coefficient (Wildman–Crippen LogP) is 2.05. The lowest BCUT2D eigenvalue weighted by molar-refractivity contribution is 0.265. The summed E-state index contributed by atoms with van der Waals surface area (Å²) >= 11 is 0. The Balaban J connectivity index is 1.78. The highest BCUT2D eigenvalue weighted by Crippen LogP contribution is 2.32. The Kier molecular flexibility index (Phi) is 5.84. The van der Waals surface area contributed by atoms with E-state index in [0.29, 0.717) is 18.0 Å². The number of piperidine rings is 1. The van der Waals surface area contributed by atoms with Crippen molar-refractivity contribution in [3.8, 4) is 6.07 Å². The number of rotatable bonds is 6. The van der Waals surface area contributed by atoms with Gasteiger partial charge < -0.3 is 10.0 Å². The van der Waals surface area contributed by atoms with Crippen LogP contribution < -0.4 is 4.90 Å². The topological polar surface area (TPSA) is 90.9 Å². The number of aliphatic hydroxyl groups is 1. The number of hydrogen-bond donors (Lipinski definition) is 1. The molecule has 0 bridgehead atoms. The summed E-state index contributed by atoms with van der Waals surface area (Å²) in [4.78, 5) is 2.19. The lowest BCUT2D eigenvalue weighted by Crippen LogP contribution is -2.35. The van der Waals surface area contributed by atoms with Crippen LogP contribution in [0.4, 0.5) is 5.82 Å². The lowest BCUT2D eigenvalue weighted by Gasteiger charge is -2.33. The Morgan fingerprint density at radius 1 is 1.23 bits per heavy atom. The largest absolute Gasteiger partial charge is 0.394 e. The number of aryl methyl sites for hydroxylation is 1. The number of nitriles is 1. The minimum absolute atomic E-state index is 0.0955. The van der Waals surface area contributed by atoms with E-state index in [1.165, 1.54) is 5.69 Å². The Labute approximate surface area is 154 Å². The van der Waals surface area contributed by atoms with E-state index in [1.807, 2.05) is 17.7 Å². The molecule has 0 amide bonds. The van der Waals surface area contributed by atoms with Gasteiger partial charge in [-0.05, 0) is 37.3 Å². The molecule has 1 saturated heterocycles. The van der Waals surface area contributed by atoms with Crippen molar-refractivity contribution in [1.82, 2.24) is 20.0 Å². The Hall–Kier alpha value is -2.46. The number of anilines is 1. The van der Waals surface area contributed by atoms with Crippen LogP contribution in [0.5, 0.6) is 0 Å². The Bertz CT molecular complexity index is 786. The maximum absolute atomic E-state index is 9.70. The number of aromatic nitrogens is 4. The van der Waals surface area contributed by atoms with Crippen molar-refractivity contribution in [2.75, 3.05) is 24.6 Å². The molecule has 138 valence electrons. The van der Waals surface area contributed by atoms with Gasteiger partial charge in [-0.3, -0.25) is 4.68 Å². The van der Waals surface area contributed by atoms with Gasteiger partial charge in [0.1, 0.15) is 11.6 Å². The second-order valence-electron chi connectivity index (χ2n) is 6.61. The zero-order chi connectivity index (χ0) is 18.5. The second-order valence-corrected chi connectivity index (χ2v) is 6.61. The van der Waals surface area contributed by atoms with Crippen molar-refractivity contribution in [2.45, 2.75) is 52.0 Å². The van der Waals surface area contributed by atoms with Crippen molar-refractivity contribution in [2.24, 2.45) is 0 Å².